The van der Waals surface area contributed by atoms with Crippen molar-refractivity contribution in [3.05, 3.63) is 36.3 Å². The molecule has 77 valence electrons. The van der Waals surface area contributed by atoms with E-state index in [2.05, 4.69) is 15.3 Å². The van der Waals surface area contributed by atoms with Gasteiger partial charge in [0.05, 0.1) is 18.4 Å². The van der Waals surface area contributed by atoms with Gasteiger partial charge in [0.2, 0.25) is 0 Å². The first-order chi connectivity index (χ1) is 7.25. The molecule has 0 fully saturated rings. The van der Waals surface area contributed by atoms with Crippen molar-refractivity contribution in [2.24, 2.45) is 4.99 Å². The third-order valence-electron chi connectivity index (χ3n) is 2.00. The summed E-state index contributed by atoms with van der Waals surface area (Å²) in [6.07, 6.45) is 5.33. The SMILES string of the molecule is CN(C)CC1=NC(c2cccnc2)=C[N]1. The van der Waals surface area contributed by atoms with Crippen molar-refractivity contribution in [2.45, 2.75) is 0 Å². The van der Waals surface area contributed by atoms with Crippen LogP contribution in [0.15, 0.2) is 35.7 Å². The molecule has 1 radical (unpaired) electrons. The van der Waals surface area contributed by atoms with Crippen molar-refractivity contribution in [1.29, 1.82) is 0 Å². The molecule has 0 spiro atoms. The van der Waals surface area contributed by atoms with Gasteiger partial charge >= 0.3 is 0 Å². The smallest absolute Gasteiger partial charge is 0.143 e. The summed E-state index contributed by atoms with van der Waals surface area (Å²) in [6, 6.07) is 3.88. The lowest BCUT2D eigenvalue weighted by atomic mass is 10.2. The molecule has 2 rings (SSSR count). The minimum absolute atomic E-state index is 0.764. The molecule has 0 atom stereocenters. The van der Waals surface area contributed by atoms with Gasteiger partial charge in [0.25, 0.3) is 0 Å². The first-order valence-electron chi connectivity index (χ1n) is 4.79. The average molecular weight is 201 g/mol. The van der Waals surface area contributed by atoms with Gasteiger partial charge < -0.3 is 4.90 Å². The fraction of sp³-hybridized carbons (Fsp3) is 0.273. The lowest BCUT2D eigenvalue weighted by Gasteiger charge is -2.07. The lowest BCUT2D eigenvalue weighted by molar-refractivity contribution is 0.466. The molecule has 0 saturated carbocycles. The Morgan fingerprint density at radius 1 is 1.33 bits per heavy atom. The number of nitrogens with zero attached hydrogens (tertiary/aromatic N) is 4. The second kappa shape index (κ2) is 4.23. The molecule has 0 aromatic carbocycles. The fourth-order valence-corrected chi connectivity index (χ4v) is 1.34. The molecule has 1 aromatic rings. The van der Waals surface area contributed by atoms with Gasteiger partial charge in [-0.3, -0.25) is 4.98 Å². The van der Waals surface area contributed by atoms with Crippen molar-refractivity contribution in [3.8, 4) is 0 Å². The fourth-order valence-electron chi connectivity index (χ4n) is 1.34. The summed E-state index contributed by atoms with van der Waals surface area (Å²) >= 11 is 0. The van der Waals surface area contributed by atoms with E-state index in [1.54, 1.807) is 18.6 Å². The molecule has 0 unspecified atom stereocenters. The Morgan fingerprint density at radius 2 is 2.20 bits per heavy atom. The highest BCUT2D eigenvalue weighted by atomic mass is 15.1. The topological polar surface area (TPSA) is 42.6 Å². The molecule has 1 aromatic heterocycles. The number of hydrogen-bond acceptors (Lipinski definition) is 3. The number of pyridine rings is 1. The second-order valence-electron chi connectivity index (χ2n) is 3.65. The molecule has 1 aliphatic rings. The molecule has 2 heterocycles. The summed E-state index contributed by atoms with van der Waals surface area (Å²) in [4.78, 5) is 10.5. The highest BCUT2D eigenvalue weighted by Gasteiger charge is 2.11. The van der Waals surface area contributed by atoms with Gasteiger partial charge in [-0.2, -0.15) is 0 Å². The van der Waals surface area contributed by atoms with E-state index in [0.29, 0.717) is 0 Å². The van der Waals surface area contributed by atoms with Crippen LogP contribution < -0.4 is 5.32 Å². The molecule has 0 aliphatic carbocycles. The summed E-state index contributed by atoms with van der Waals surface area (Å²) < 4.78 is 0. The van der Waals surface area contributed by atoms with Crippen LogP contribution in [0.2, 0.25) is 0 Å². The maximum atomic E-state index is 4.43. The molecular weight excluding hydrogens is 188 g/mol. The van der Waals surface area contributed by atoms with Gasteiger partial charge in [0, 0.05) is 18.0 Å². The lowest BCUT2D eigenvalue weighted by Crippen LogP contribution is -2.24. The first kappa shape index (κ1) is 9.86. The summed E-state index contributed by atoms with van der Waals surface area (Å²) in [5, 5.41) is 4.25. The second-order valence-corrected chi connectivity index (χ2v) is 3.65. The zero-order chi connectivity index (χ0) is 10.7. The van der Waals surface area contributed by atoms with Crippen molar-refractivity contribution < 1.29 is 0 Å². The monoisotopic (exact) mass is 201 g/mol. The van der Waals surface area contributed by atoms with E-state index in [1.807, 2.05) is 31.1 Å². The van der Waals surface area contributed by atoms with E-state index in [9.17, 15) is 0 Å². The van der Waals surface area contributed by atoms with Crippen LogP contribution in [0.4, 0.5) is 0 Å². The van der Waals surface area contributed by atoms with E-state index in [0.717, 1.165) is 23.6 Å². The van der Waals surface area contributed by atoms with Crippen LogP contribution in [0.25, 0.3) is 5.70 Å². The van der Waals surface area contributed by atoms with Crippen molar-refractivity contribution in [1.82, 2.24) is 15.2 Å². The van der Waals surface area contributed by atoms with Gasteiger partial charge in [-0.05, 0) is 26.2 Å². The largest absolute Gasteiger partial charge is 0.302 e. The molecule has 4 nitrogen and oxygen atoms in total. The first-order valence-corrected chi connectivity index (χ1v) is 4.79. The van der Waals surface area contributed by atoms with Crippen LogP contribution in [0.5, 0.6) is 0 Å². The maximum Gasteiger partial charge on any atom is 0.143 e. The predicted octanol–water partition coefficient (Wildman–Crippen LogP) is 0.958. The Bertz CT molecular complexity index is 392. The average Bonchev–Trinajstić information content (AvgIpc) is 2.67. The molecule has 0 bridgehead atoms. The number of likely N-dealkylation sites (N-methyl/N-ethyl adjacent to an activating group) is 1. The number of amidine groups is 1. The van der Waals surface area contributed by atoms with E-state index in [4.69, 9.17) is 0 Å². The van der Waals surface area contributed by atoms with E-state index >= 15 is 0 Å². The van der Waals surface area contributed by atoms with Crippen LogP contribution in [-0.4, -0.2) is 36.4 Å². The van der Waals surface area contributed by atoms with Gasteiger partial charge in [-0.25, -0.2) is 10.3 Å². The van der Waals surface area contributed by atoms with Gasteiger partial charge in [-0.15, -0.1) is 0 Å². The van der Waals surface area contributed by atoms with E-state index < -0.39 is 0 Å². The predicted molar refractivity (Wildman–Crippen MR) is 60.3 cm³/mol. The molecule has 0 saturated heterocycles. The quantitative estimate of drug-likeness (QED) is 0.731. The van der Waals surface area contributed by atoms with Gasteiger partial charge in [0.1, 0.15) is 5.84 Å². The van der Waals surface area contributed by atoms with Gasteiger partial charge in [0.15, 0.2) is 0 Å². The molecule has 0 amide bonds. The van der Waals surface area contributed by atoms with Crippen LogP contribution >= 0.6 is 0 Å². The van der Waals surface area contributed by atoms with Gasteiger partial charge in [-0.1, -0.05) is 0 Å². The highest BCUT2D eigenvalue weighted by molar-refractivity contribution is 5.94. The third-order valence-corrected chi connectivity index (χ3v) is 2.00. The Balaban J connectivity index is 2.11. The van der Waals surface area contributed by atoms with Crippen LogP contribution in [-0.2, 0) is 0 Å². The number of rotatable bonds is 3. The number of aromatic nitrogens is 1. The summed E-state index contributed by atoms with van der Waals surface area (Å²) in [7, 11) is 4.00. The zero-order valence-electron chi connectivity index (χ0n) is 8.88. The zero-order valence-corrected chi connectivity index (χ0v) is 8.88. The van der Waals surface area contributed by atoms with E-state index in [-0.39, 0.29) is 0 Å². The van der Waals surface area contributed by atoms with Crippen molar-refractivity contribution >= 4 is 11.5 Å². The Kier molecular flexibility index (Phi) is 2.78. The molecule has 0 N–H and O–H groups in total. The molecule has 15 heavy (non-hydrogen) atoms. The standard InChI is InChI=1S/C11H13N4/c1-15(2)8-11-13-7-10(14-11)9-4-3-5-12-6-9/h3-7H,8H2,1-2H3. The number of aliphatic imine (C=N–C) groups is 1. The van der Waals surface area contributed by atoms with Crippen LogP contribution in [0.3, 0.4) is 0 Å². The Hall–Kier alpha value is -1.68. The molecule has 4 heteroatoms. The minimum atomic E-state index is 0.764. The molecule has 1 aliphatic heterocycles. The summed E-state index contributed by atoms with van der Waals surface area (Å²) in [5.41, 5.74) is 1.90. The van der Waals surface area contributed by atoms with Crippen molar-refractivity contribution in [2.75, 3.05) is 20.6 Å². The number of hydrogen-bond donors (Lipinski definition) is 0. The summed E-state index contributed by atoms with van der Waals surface area (Å²) in [6.45, 7) is 0.764. The Morgan fingerprint density at radius 3 is 2.87 bits per heavy atom. The maximum absolute atomic E-state index is 4.43. The third kappa shape index (κ3) is 2.41. The van der Waals surface area contributed by atoms with Crippen molar-refractivity contribution in [3.63, 3.8) is 0 Å². The highest BCUT2D eigenvalue weighted by Crippen LogP contribution is 2.17. The minimum Gasteiger partial charge on any atom is -0.302 e. The Labute approximate surface area is 89.4 Å². The summed E-state index contributed by atoms with van der Waals surface area (Å²) in [5.74, 6) is 0.846. The van der Waals surface area contributed by atoms with Crippen LogP contribution in [0, 0.1) is 0 Å². The normalized spacial score (nSPS) is 14.9. The van der Waals surface area contributed by atoms with Crippen LogP contribution in [0.1, 0.15) is 5.56 Å². The van der Waals surface area contributed by atoms with E-state index in [1.165, 1.54) is 0 Å². The molecular formula is C11H13N4.